The molecule has 1 aliphatic heterocycles. The van der Waals surface area contributed by atoms with Gasteiger partial charge in [0.05, 0.1) is 22.5 Å². The number of carbonyl (C=O) groups is 2. The first-order valence-corrected chi connectivity index (χ1v) is 14.6. The maximum Gasteiger partial charge on any atom is 0.259 e. The SMILES string of the molecule is Cc1nn(C)c(C)c1C(=O)Nc1cccc(C(=O)c2ccc3c(C=Nc4ccc(N5CCN(C)CC5)cc4)c(O)[nH]c3c2)c1. The van der Waals surface area contributed by atoms with Crippen molar-refractivity contribution in [2.24, 2.45) is 12.0 Å². The summed E-state index contributed by atoms with van der Waals surface area (Å²) in [5.74, 6) is -0.504. The van der Waals surface area contributed by atoms with Crippen LogP contribution in [0.1, 0.15) is 43.2 Å². The molecule has 3 N–H and O–H groups in total. The predicted molar refractivity (Wildman–Crippen MR) is 174 cm³/mol. The fourth-order valence-corrected chi connectivity index (χ4v) is 5.63. The zero-order chi connectivity index (χ0) is 31.0. The molecule has 0 radical (unpaired) electrons. The molecule has 2 aromatic heterocycles. The van der Waals surface area contributed by atoms with Crippen molar-refractivity contribution in [3.05, 3.63) is 100 Å². The van der Waals surface area contributed by atoms with Crippen molar-refractivity contribution in [2.75, 3.05) is 43.4 Å². The molecule has 1 fully saturated rings. The first-order valence-electron chi connectivity index (χ1n) is 14.6. The number of likely N-dealkylation sites (N-methyl/N-ethyl adjacent to an activating group) is 1. The number of aromatic hydroxyl groups is 1. The van der Waals surface area contributed by atoms with Gasteiger partial charge in [0.1, 0.15) is 0 Å². The monoisotopic (exact) mass is 589 g/mol. The van der Waals surface area contributed by atoms with Crippen molar-refractivity contribution >= 4 is 45.9 Å². The van der Waals surface area contributed by atoms with Crippen molar-refractivity contribution in [1.29, 1.82) is 0 Å². The Morgan fingerprint density at radius 1 is 0.955 bits per heavy atom. The standard InChI is InChI=1S/C34H35N7O3/c1-21-31(22(2)40(4)38-21)34(44)36-26-7-5-6-23(18-26)32(42)24-8-13-28-29(33(43)37-30(28)19-24)20-35-25-9-11-27(12-10-25)41-16-14-39(3)15-17-41/h5-13,18-20,37,43H,14-17H2,1-4H3,(H,36,44). The van der Waals surface area contributed by atoms with Crippen LogP contribution in [0.3, 0.4) is 0 Å². The number of hydrogen-bond acceptors (Lipinski definition) is 7. The van der Waals surface area contributed by atoms with Gasteiger partial charge in [0.25, 0.3) is 5.91 Å². The fraction of sp³-hybridized carbons (Fsp3) is 0.235. The molecule has 6 rings (SSSR count). The average Bonchev–Trinajstić information content (AvgIpc) is 3.48. The van der Waals surface area contributed by atoms with Crippen molar-refractivity contribution in [1.82, 2.24) is 19.7 Å². The van der Waals surface area contributed by atoms with Crippen molar-refractivity contribution in [2.45, 2.75) is 13.8 Å². The molecular formula is C34H35N7O3. The van der Waals surface area contributed by atoms with E-state index >= 15 is 0 Å². The third kappa shape index (κ3) is 5.71. The van der Waals surface area contributed by atoms with E-state index in [-0.39, 0.29) is 17.6 Å². The number of aromatic amines is 1. The van der Waals surface area contributed by atoms with E-state index in [4.69, 9.17) is 0 Å². The van der Waals surface area contributed by atoms with E-state index < -0.39 is 0 Å². The van der Waals surface area contributed by atoms with Crippen LogP contribution >= 0.6 is 0 Å². The number of nitrogens with one attached hydrogen (secondary N) is 2. The average molecular weight is 590 g/mol. The second kappa shape index (κ2) is 11.8. The highest BCUT2D eigenvalue weighted by Crippen LogP contribution is 2.29. The maximum absolute atomic E-state index is 13.4. The molecule has 1 saturated heterocycles. The lowest BCUT2D eigenvalue weighted by atomic mass is 10.0. The number of carbonyl (C=O) groups excluding carboxylic acids is 2. The summed E-state index contributed by atoms with van der Waals surface area (Å²) in [4.78, 5) is 38.6. The Labute approximate surface area is 255 Å². The van der Waals surface area contributed by atoms with Crippen LogP contribution in [0.15, 0.2) is 71.7 Å². The first-order chi connectivity index (χ1) is 21.2. The van der Waals surface area contributed by atoms with Gasteiger partial charge in [-0.15, -0.1) is 0 Å². The summed E-state index contributed by atoms with van der Waals surface area (Å²) in [6.45, 7) is 7.72. The van der Waals surface area contributed by atoms with E-state index in [1.165, 1.54) is 5.69 Å². The summed E-state index contributed by atoms with van der Waals surface area (Å²) in [7, 11) is 3.94. The number of benzene rings is 3. The number of rotatable bonds is 7. The number of amides is 1. The molecule has 1 amide bonds. The number of aromatic nitrogens is 3. The molecule has 0 unspecified atom stereocenters. The second-order valence-electron chi connectivity index (χ2n) is 11.2. The van der Waals surface area contributed by atoms with E-state index in [0.29, 0.717) is 39.2 Å². The molecular weight excluding hydrogens is 554 g/mol. The lowest BCUT2D eigenvalue weighted by Crippen LogP contribution is -2.44. The van der Waals surface area contributed by atoms with Gasteiger partial charge in [-0.3, -0.25) is 19.3 Å². The number of H-pyrrole nitrogens is 1. The van der Waals surface area contributed by atoms with Gasteiger partial charge in [-0.1, -0.05) is 24.3 Å². The minimum absolute atomic E-state index is 0.0203. The van der Waals surface area contributed by atoms with Gasteiger partial charge in [-0.25, -0.2) is 0 Å². The molecule has 0 saturated carbocycles. The van der Waals surface area contributed by atoms with E-state index in [1.807, 2.05) is 19.1 Å². The molecule has 0 atom stereocenters. The van der Waals surface area contributed by atoms with E-state index in [2.05, 4.69) is 49.4 Å². The van der Waals surface area contributed by atoms with Crippen LogP contribution in [0.5, 0.6) is 5.88 Å². The smallest absolute Gasteiger partial charge is 0.259 e. The highest BCUT2D eigenvalue weighted by Gasteiger charge is 2.19. The number of aliphatic imine (C=N–C) groups is 1. The third-order valence-corrected chi connectivity index (χ3v) is 8.26. The molecule has 1 aliphatic rings. The Hall–Kier alpha value is -5.22. The number of anilines is 2. The van der Waals surface area contributed by atoms with Gasteiger partial charge in [0.15, 0.2) is 11.7 Å². The first kappa shape index (κ1) is 28.9. The molecule has 3 aromatic carbocycles. The zero-order valence-electron chi connectivity index (χ0n) is 25.3. The Bertz CT molecular complexity index is 1890. The highest BCUT2D eigenvalue weighted by atomic mass is 16.3. The molecule has 10 heteroatoms. The fourth-order valence-electron chi connectivity index (χ4n) is 5.63. The third-order valence-electron chi connectivity index (χ3n) is 8.26. The largest absolute Gasteiger partial charge is 0.494 e. The van der Waals surface area contributed by atoms with Crippen LogP contribution in [0, 0.1) is 13.8 Å². The molecule has 0 bridgehead atoms. The Kier molecular flexibility index (Phi) is 7.75. The number of hydrogen-bond donors (Lipinski definition) is 3. The Morgan fingerprint density at radius 2 is 1.68 bits per heavy atom. The van der Waals surface area contributed by atoms with Gasteiger partial charge in [-0.05, 0) is 63.4 Å². The van der Waals surface area contributed by atoms with Crippen LogP contribution in [-0.4, -0.2) is 75.9 Å². The van der Waals surface area contributed by atoms with E-state index in [1.54, 1.807) is 67.3 Å². The van der Waals surface area contributed by atoms with Gasteiger partial charge in [0.2, 0.25) is 0 Å². The predicted octanol–water partition coefficient (Wildman–Crippen LogP) is 5.21. The molecule has 0 spiro atoms. The summed E-state index contributed by atoms with van der Waals surface area (Å²) in [5, 5.41) is 18.6. The van der Waals surface area contributed by atoms with Gasteiger partial charge < -0.3 is 25.2 Å². The minimum Gasteiger partial charge on any atom is -0.494 e. The number of ketones is 1. The Balaban J connectivity index is 1.17. The van der Waals surface area contributed by atoms with Crippen molar-refractivity contribution in [3.8, 4) is 5.88 Å². The summed E-state index contributed by atoms with van der Waals surface area (Å²) < 4.78 is 1.67. The number of piperazine rings is 1. The summed E-state index contributed by atoms with van der Waals surface area (Å²) in [5.41, 5.74) is 6.43. The van der Waals surface area contributed by atoms with E-state index in [0.717, 1.165) is 42.9 Å². The number of fused-ring (bicyclic) bond motifs is 1. The van der Waals surface area contributed by atoms with Crippen molar-refractivity contribution in [3.63, 3.8) is 0 Å². The Morgan fingerprint density at radius 3 is 2.39 bits per heavy atom. The lowest BCUT2D eigenvalue weighted by Gasteiger charge is -2.34. The topological polar surface area (TPSA) is 119 Å². The van der Waals surface area contributed by atoms with Crippen LogP contribution in [0.4, 0.5) is 17.1 Å². The quantitative estimate of drug-likeness (QED) is 0.177. The van der Waals surface area contributed by atoms with Crippen molar-refractivity contribution < 1.29 is 14.7 Å². The van der Waals surface area contributed by atoms with E-state index in [9.17, 15) is 14.7 Å². The number of aryl methyl sites for hydroxylation is 2. The highest BCUT2D eigenvalue weighted by molar-refractivity contribution is 6.13. The summed E-state index contributed by atoms with van der Waals surface area (Å²) in [6, 6.07) is 20.2. The maximum atomic E-state index is 13.4. The molecule has 10 nitrogen and oxygen atoms in total. The molecule has 224 valence electrons. The van der Waals surface area contributed by atoms with Crippen LogP contribution < -0.4 is 10.2 Å². The lowest BCUT2D eigenvalue weighted by molar-refractivity contribution is 0.102. The van der Waals surface area contributed by atoms with Gasteiger partial charge in [-0.2, -0.15) is 5.10 Å². The van der Waals surface area contributed by atoms with Gasteiger partial charge >= 0.3 is 0 Å². The molecule has 44 heavy (non-hydrogen) atoms. The van der Waals surface area contributed by atoms with Crippen LogP contribution in [-0.2, 0) is 7.05 Å². The summed E-state index contributed by atoms with van der Waals surface area (Å²) in [6.07, 6.45) is 1.64. The minimum atomic E-state index is -0.277. The normalized spacial score (nSPS) is 14.0. The second-order valence-corrected chi connectivity index (χ2v) is 11.2. The summed E-state index contributed by atoms with van der Waals surface area (Å²) >= 11 is 0. The van der Waals surface area contributed by atoms with Crippen LogP contribution in [0.2, 0.25) is 0 Å². The molecule has 0 aliphatic carbocycles. The number of nitrogens with zero attached hydrogens (tertiary/aromatic N) is 5. The van der Waals surface area contributed by atoms with Crippen LogP contribution in [0.25, 0.3) is 10.9 Å². The zero-order valence-corrected chi connectivity index (χ0v) is 25.3. The molecule has 5 aromatic rings. The molecule has 3 heterocycles. The van der Waals surface area contributed by atoms with Gasteiger partial charge in [0, 0.05) is 78.5 Å².